The summed E-state index contributed by atoms with van der Waals surface area (Å²) in [4.78, 5) is 53.9. The maximum absolute atomic E-state index is 12.5. The van der Waals surface area contributed by atoms with Gasteiger partial charge < -0.3 is 28.7 Å². The van der Waals surface area contributed by atoms with E-state index in [4.69, 9.17) is 18.9 Å². The van der Waals surface area contributed by atoms with E-state index in [1.54, 1.807) is 0 Å². The van der Waals surface area contributed by atoms with Crippen molar-refractivity contribution in [3.05, 3.63) is 0 Å². The third-order valence-corrected chi connectivity index (χ3v) is 13.8. The molecule has 0 bridgehead atoms. The van der Waals surface area contributed by atoms with Crippen LogP contribution >= 0.6 is 23.5 Å². The molecule has 0 spiro atoms. The van der Waals surface area contributed by atoms with Gasteiger partial charge in [-0.05, 0) is 38.4 Å². The third kappa shape index (κ3) is 42.5. The summed E-state index contributed by atoms with van der Waals surface area (Å²) in [5, 5.41) is 0. The van der Waals surface area contributed by atoms with Gasteiger partial charge in [-0.3, -0.25) is 19.2 Å². The molecular weight excluding hydrogens is 821 g/mol. The minimum Gasteiger partial charge on any atom is -0.462 e. The Hall–Kier alpha value is -1.50. The lowest BCUT2D eigenvalue weighted by molar-refractivity contribution is -0.154. The van der Waals surface area contributed by atoms with Gasteiger partial charge in [-0.25, -0.2) is 0 Å². The summed E-state index contributed by atoms with van der Waals surface area (Å²) in [5.74, 6) is 1.94. The van der Waals surface area contributed by atoms with Crippen molar-refractivity contribution in [2.45, 2.75) is 195 Å². The first kappa shape index (κ1) is 60.5. The van der Waals surface area contributed by atoms with Crippen LogP contribution in [0.15, 0.2) is 0 Å². The summed E-state index contributed by atoms with van der Waals surface area (Å²) < 4.78 is 21.4. The van der Waals surface area contributed by atoms with Crippen molar-refractivity contribution < 1.29 is 38.1 Å². The molecule has 12 heteroatoms. The van der Waals surface area contributed by atoms with E-state index in [1.165, 1.54) is 154 Å². The second-order valence-corrected chi connectivity index (χ2v) is 20.0. The van der Waals surface area contributed by atoms with Crippen LogP contribution in [-0.2, 0) is 38.1 Å². The largest absolute Gasteiger partial charge is 0.462 e. The Morgan fingerprint density at radius 3 is 1.05 bits per heavy atom. The van der Waals surface area contributed by atoms with Crippen molar-refractivity contribution in [3.8, 4) is 0 Å². The van der Waals surface area contributed by atoms with Gasteiger partial charge in [0.15, 0.2) is 0 Å². The van der Waals surface area contributed by atoms with E-state index in [1.807, 2.05) is 61.3 Å². The lowest BCUT2D eigenvalue weighted by Gasteiger charge is -2.23. The Balaban J connectivity index is 3.99. The number of likely N-dealkylation sites (N-methyl/N-ethyl adjacent to an activating group) is 1. The predicted octanol–water partition coefficient (Wildman–Crippen LogP) is 11.9. The number of nitrogens with zero attached hydrogens (tertiary/aromatic N) is 2. The van der Waals surface area contributed by atoms with E-state index in [0.29, 0.717) is 19.6 Å². The molecule has 0 fully saturated rings. The number of unbranched alkanes of at least 4 members (excludes halogenated alkanes) is 22. The van der Waals surface area contributed by atoms with Gasteiger partial charge in [-0.1, -0.05) is 169 Å². The van der Waals surface area contributed by atoms with Gasteiger partial charge in [-0.2, -0.15) is 23.5 Å². The number of hydrogen-bond acceptors (Lipinski definition) is 12. The number of carbonyl (C=O) groups is 4. The molecule has 0 aliphatic rings. The smallest absolute Gasteiger partial charge is 0.309 e. The molecule has 2 atom stereocenters. The summed E-state index contributed by atoms with van der Waals surface area (Å²) in [6.45, 7) is 10.7. The van der Waals surface area contributed by atoms with E-state index in [9.17, 15) is 19.2 Å². The zero-order chi connectivity index (χ0) is 45.7. The fourth-order valence-corrected chi connectivity index (χ4v) is 9.08. The van der Waals surface area contributed by atoms with Crippen molar-refractivity contribution in [1.29, 1.82) is 0 Å². The van der Waals surface area contributed by atoms with Crippen molar-refractivity contribution in [1.82, 2.24) is 9.80 Å². The zero-order valence-electron chi connectivity index (χ0n) is 41.0. The molecule has 0 aliphatic heterocycles. The number of thioether (sulfide) groups is 2. The first-order valence-corrected chi connectivity index (χ1v) is 27.6. The van der Waals surface area contributed by atoms with Crippen LogP contribution < -0.4 is 0 Å². The van der Waals surface area contributed by atoms with Crippen molar-refractivity contribution in [3.63, 3.8) is 0 Å². The Labute approximate surface area is 389 Å². The maximum atomic E-state index is 12.5. The van der Waals surface area contributed by atoms with Gasteiger partial charge >= 0.3 is 23.9 Å². The second-order valence-electron chi connectivity index (χ2n) is 17.7. The van der Waals surface area contributed by atoms with Crippen molar-refractivity contribution in [2.24, 2.45) is 11.8 Å². The van der Waals surface area contributed by atoms with E-state index < -0.39 is 0 Å². The highest BCUT2D eigenvalue weighted by atomic mass is 32.2. The lowest BCUT2D eigenvalue weighted by Crippen LogP contribution is -2.35. The van der Waals surface area contributed by atoms with Gasteiger partial charge in [0, 0.05) is 37.7 Å². The molecule has 0 amide bonds. The summed E-state index contributed by atoms with van der Waals surface area (Å²) >= 11 is 3.62. The highest BCUT2D eigenvalue weighted by Gasteiger charge is 2.17. The van der Waals surface area contributed by atoms with E-state index >= 15 is 0 Å². The minimum absolute atomic E-state index is 0.0228. The van der Waals surface area contributed by atoms with Gasteiger partial charge in [0.25, 0.3) is 0 Å². The molecule has 0 saturated heterocycles. The number of esters is 4. The predicted molar refractivity (Wildman–Crippen MR) is 263 cm³/mol. The van der Waals surface area contributed by atoms with Crippen LogP contribution in [-0.4, -0.2) is 123 Å². The molecule has 62 heavy (non-hydrogen) atoms. The molecule has 0 aromatic rings. The standard InChI is InChI=1S/C50H96N2O8S2/c1-7-9-11-13-15-17-19-21-23-25-27-29-41-61-43-45(3)49(55)59-39-37-57-47(53)31-33-52(36-35-51(5)6)34-32-48(54)58-38-40-60-50(56)46(4)44-62-42-30-28-26-24-22-20-18-16-14-12-10-8-2/h45-46H,7-44H2,1-6H3. The molecule has 0 rings (SSSR count). The molecule has 0 saturated carbocycles. The number of hydrogen-bond donors (Lipinski definition) is 0. The van der Waals surface area contributed by atoms with Crippen molar-refractivity contribution in [2.75, 3.05) is 89.7 Å². The molecule has 0 heterocycles. The number of rotatable bonds is 47. The molecule has 0 aromatic carbocycles. The highest BCUT2D eigenvalue weighted by Crippen LogP contribution is 2.17. The van der Waals surface area contributed by atoms with Crippen LogP contribution in [0.2, 0.25) is 0 Å². The van der Waals surface area contributed by atoms with Crippen LogP contribution in [0.3, 0.4) is 0 Å². The fourth-order valence-electron chi connectivity index (χ4n) is 6.95. The molecule has 10 nitrogen and oxygen atoms in total. The summed E-state index contributed by atoms with van der Waals surface area (Å²) in [6.07, 6.45) is 32.5. The average Bonchev–Trinajstić information content (AvgIpc) is 3.26. The minimum atomic E-state index is -0.372. The fraction of sp³-hybridized carbons (Fsp3) is 0.920. The summed E-state index contributed by atoms with van der Waals surface area (Å²) in [7, 11) is 3.95. The van der Waals surface area contributed by atoms with Crippen LogP contribution in [0.4, 0.5) is 0 Å². The van der Waals surface area contributed by atoms with Crippen LogP contribution in [0, 0.1) is 11.8 Å². The normalized spacial score (nSPS) is 12.5. The molecular formula is C50H96N2O8S2. The van der Waals surface area contributed by atoms with Crippen LogP contribution in [0.5, 0.6) is 0 Å². The maximum Gasteiger partial charge on any atom is 0.309 e. The topological polar surface area (TPSA) is 112 Å². The van der Waals surface area contributed by atoms with Gasteiger partial charge in [0.1, 0.15) is 26.4 Å². The summed E-state index contributed by atoms with van der Waals surface area (Å²) in [6, 6.07) is 0. The van der Waals surface area contributed by atoms with E-state index in [2.05, 4.69) is 13.8 Å². The molecule has 0 aliphatic carbocycles. The Bertz CT molecular complexity index is 978. The molecule has 2 unspecified atom stereocenters. The third-order valence-electron chi connectivity index (χ3n) is 11.1. The van der Waals surface area contributed by atoms with Gasteiger partial charge in [0.2, 0.25) is 0 Å². The first-order valence-electron chi connectivity index (χ1n) is 25.3. The van der Waals surface area contributed by atoms with Crippen LogP contribution in [0.25, 0.3) is 0 Å². The quantitative estimate of drug-likeness (QED) is 0.0329. The second kappa shape index (κ2) is 46.0. The summed E-state index contributed by atoms with van der Waals surface area (Å²) in [5.41, 5.74) is 0. The Morgan fingerprint density at radius 1 is 0.419 bits per heavy atom. The molecule has 0 radical (unpaired) electrons. The molecule has 366 valence electrons. The van der Waals surface area contributed by atoms with E-state index in [0.717, 1.165) is 29.6 Å². The molecule has 0 N–H and O–H groups in total. The van der Waals surface area contributed by atoms with Crippen LogP contribution in [0.1, 0.15) is 195 Å². The number of ether oxygens (including phenoxy) is 4. The van der Waals surface area contributed by atoms with Gasteiger partial charge in [0.05, 0.1) is 24.7 Å². The Kier molecular flexibility index (Phi) is 44.9. The first-order chi connectivity index (χ1) is 30.1. The highest BCUT2D eigenvalue weighted by molar-refractivity contribution is 7.99. The van der Waals surface area contributed by atoms with Crippen molar-refractivity contribution >= 4 is 47.4 Å². The monoisotopic (exact) mass is 917 g/mol. The Morgan fingerprint density at radius 2 is 0.726 bits per heavy atom. The number of carbonyl (C=O) groups excluding carboxylic acids is 4. The zero-order valence-corrected chi connectivity index (χ0v) is 42.6. The average molecular weight is 917 g/mol. The molecule has 0 aromatic heterocycles. The van der Waals surface area contributed by atoms with E-state index in [-0.39, 0.29) is 75.0 Å². The SMILES string of the molecule is CCCCCCCCCCCCCCSCC(C)C(=O)OCCOC(=O)CCN(CCC(=O)OCCOC(=O)C(C)CSCCCCCCCCCCCCCC)CCN(C)C. The van der Waals surface area contributed by atoms with Gasteiger partial charge in [-0.15, -0.1) is 0 Å². The lowest BCUT2D eigenvalue weighted by atomic mass is 10.1.